The van der Waals surface area contributed by atoms with Gasteiger partial charge in [0.1, 0.15) is 12.1 Å². The lowest BCUT2D eigenvalue weighted by molar-refractivity contribution is -0.142. The summed E-state index contributed by atoms with van der Waals surface area (Å²) in [4.78, 5) is 42.8. The number of H-pyrrole nitrogens is 1. The topological polar surface area (TPSA) is 150 Å². The van der Waals surface area contributed by atoms with Crippen molar-refractivity contribution in [3.8, 4) is 0 Å². The molecule has 0 saturated carbocycles. The summed E-state index contributed by atoms with van der Waals surface area (Å²) in [5, 5.41) is 14.3. The van der Waals surface area contributed by atoms with Crippen LogP contribution >= 0.6 is 12.6 Å². The SMILES string of the molecule is NC(Cc1ccccc1)C(=O)NC(CS)C(=O)NC(Cc1cnc[nH]1)C(=O)O. The van der Waals surface area contributed by atoms with E-state index >= 15 is 0 Å². The van der Waals surface area contributed by atoms with Crippen LogP contribution in [0.3, 0.4) is 0 Å². The number of carboxylic acid groups (broad SMARTS) is 1. The van der Waals surface area contributed by atoms with Gasteiger partial charge in [-0.25, -0.2) is 9.78 Å². The second-order valence-electron chi connectivity index (χ2n) is 6.22. The third-order valence-electron chi connectivity index (χ3n) is 4.04. The lowest BCUT2D eigenvalue weighted by atomic mass is 10.1. The second kappa shape index (κ2) is 10.5. The van der Waals surface area contributed by atoms with Crippen LogP contribution in [-0.2, 0) is 27.2 Å². The normalized spacial score (nSPS) is 13.9. The van der Waals surface area contributed by atoms with Gasteiger partial charge in [0, 0.05) is 24.1 Å². The van der Waals surface area contributed by atoms with Gasteiger partial charge >= 0.3 is 5.97 Å². The molecule has 3 atom stereocenters. The molecule has 0 bridgehead atoms. The maximum atomic E-state index is 12.4. The Balaban J connectivity index is 1.93. The number of nitrogens with one attached hydrogen (secondary N) is 3. The molecule has 6 N–H and O–H groups in total. The molecule has 10 heteroatoms. The first kappa shape index (κ1) is 21.5. The number of carboxylic acids is 1. The number of thiol groups is 1. The molecule has 3 unspecified atom stereocenters. The van der Waals surface area contributed by atoms with E-state index in [2.05, 4.69) is 33.2 Å². The number of benzene rings is 1. The molecule has 150 valence electrons. The van der Waals surface area contributed by atoms with Crippen LogP contribution in [0.4, 0.5) is 0 Å². The van der Waals surface area contributed by atoms with Gasteiger partial charge in [-0.05, 0) is 12.0 Å². The quantitative estimate of drug-likeness (QED) is 0.294. The van der Waals surface area contributed by atoms with Crippen molar-refractivity contribution in [2.24, 2.45) is 5.73 Å². The minimum atomic E-state index is -1.20. The zero-order valence-corrected chi connectivity index (χ0v) is 15.9. The summed E-state index contributed by atoms with van der Waals surface area (Å²) >= 11 is 4.08. The van der Waals surface area contributed by atoms with Crippen LogP contribution in [-0.4, -0.2) is 56.7 Å². The smallest absolute Gasteiger partial charge is 0.326 e. The van der Waals surface area contributed by atoms with Gasteiger partial charge in [-0.2, -0.15) is 12.6 Å². The standard InChI is InChI=1S/C18H23N5O4S/c19-13(6-11-4-2-1-3-5-11)16(24)23-15(9-28)17(25)22-14(18(26)27)7-12-8-20-10-21-12/h1-5,8,10,13-15,28H,6-7,9,19H2,(H,20,21)(H,22,25)(H,23,24)(H,26,27). The van der Waals surface area contributed by atoms with Crippen LogP contribution in [0.15, 0.2) is 42.9 Å². The van der Waals surface area contributed by atoms with E-state index < -0.39 is 35.9 Å². The van der Waals surface area contributed by atoms with Gasteiger partial charge in [0.05, 0.1) is 12.4 Å². The third-order valence-corrected chi connectivity index (χ3v) is 4.41. The first-order valence-corrected chi connectivity index (χ1v) is 9.25. The van der Waals surface area contributed by atoms with Crippen LogP contribution in [0.1, 0.15) is 11.3 Å². The molecule has 28 heavy (non-hydrogen) atoms. The average molecular weight is 405 g/mol. The summed E-state index contributed by atoms with van der Waals surface area (Å²) < 4.78 is 0. The van der Waals surface area contributed by atoms with E-state index in [4.69, 9.17) is 5.73 Å². The molecule has 0 aliphatic carbocycles. The highest BCUT2D eigenvalue weighted by atomic mass is 32.1. The molecule has 0 spiro atoms. The summed E-state index contributed by atoms with van der Waals surface area (Å²) in [5.74, 6) is -2.37. The van der Waals surface area contributed by atoms with E-state index in [1.54, 1.807) is 0 Å². The molecule has 0 aliphatic heterocycles. The number of nitrogens with zero attached hydrogens (tertiary/aromatic N) is 1. The van der Waals surface area contributed by atoms with Crippen molar-refractivity contribution in [1.29, 1.82) is 0 Å². The minimum Gasteiger partial charge on any atom is -0.480 e. The summed E-state index contributed by atoms with van der Waals surface area (Å²) in [6.45, 7) is 0. The zero-order valence-electron chi connectivity index (χ0n) is 15.0. The van der Waals surface area contributed by atoms with Gasteiger partial charge in [-0.3, -0.25) is 9.59 Å². The summed E-state index contributed by atoms with van der Waals surface area (Å²) in [6, 6.07) is 6.21. The monoisotopic (exact) mass is 405 g/mol. The Hall–Kier alpha value is -2.85. The highest BCUT2D eigenvalue weighted by Crippen LogP contribution is 2.03. The van der Waals surface area contributed by atoms with Gasteiger partial charge in [-0.15, -0.1) is 0 Å². The van der Waals surface area contributed by atoms with E-state index in [9.17, 15) is 19.5 Å². The Kier molecular flexibility index (Phi) is 8.02. The van der Waals surface area contributed by atoms with Gasteiger partial charge in [-0.1, -0.05) is 30.3 Å². The Morgan fingerprint density at radius 3 is 2.36 bits per heavy atom. The first-order chi connectivity index (χ1) is 13.4. The zero-order chi connectivity index (χ0) is 20.5. The molecular formula is C18H23N5O4S. The maximum absolute atomic E-state index is 12.4. The number of hydrogen-bond acceptors (Lipinski definition) is 6. The number of nitrogens with two attached hydrogens (primary N) is 1. The van der Waals surface area contributed by atoms with Crippen molar-refractivity contribution in [1.82, 2.24) is 20.6 Å². The largest absolute Gasteiger partial charge is 0.480 e. The average Bonchev–Trinajstić information content (AvgIpc) is 3.19. The molecule has 0 radical (unpaired) electrons. The highest BCUT2D eigenvalue weighted by molar-refractivity contribution is 7.80. The Morgan fingerprint density at radius 1 is 1.11 bits per heavy atom. The fourth-order valence-electron chi connectivity index (χ4n) is 2.52. The second-order valence-corrected chi connectivity index (χ2v) is 6.59. The van der Waals surface area contributed by atoms with Crippen LogP contribution < -0.4 is 16.4 Å². The Labute approximate surface area is 167 Å². The molecular weight excluding hydrogens is 382 g/mol. The van der Waals surface area contributed by atoms with E-state index in [0.29, 0.717) is 12.1 Å². The summed E-state index contributed by atoms with van der Waals surface area (Å²) in [7, 11) is 0. The molecule has 0 fully saturated rings. The Bertz CT molecular complexity index is 785. The van der Waals surface area contributed by atoms with E-state index in [1.165, 1.54) is 12.5 Å². The van der Waals surface area contributed by atoms with Gasteiger partial charge < -0.3 is 26.5 Å². The molecule has 1 aromatic heterocycles. The van der Waals surface area contributed by atoms with Crippen LogP contribution in [0.25, 0.3) is 0 Å². The number of amides is 2. The molecule has 1 aromatic carbocycles. The van der Waals surface area contributed by atoms with Crippen molar-refractivity contribution in [2.45, 2.75) is 31.0 Å². The summed E-state index contributed by atoms with van der Waals surface area (Å²) in [5.41, 5.74) is 7.37. The Morgan fingerprint density at radius 2 is 1.79 bits per heavy atom. The van der Waals surface area contributed by atoms with Gasteiger partial charge in [0.25, 0.3) is 0 Å². The fraction of sp³-hybridized carbons (Fsp3) is 0.333. The molecule has 9 nitrogen and oxygen atoms in total. The van der Waals surface area contributed by atoms with Crippen molar-refractivity contribution >= 4 is 30.4 Å². The lowest BCUT2D eigenvalue weighted by Crippen LogP contribution is -2.55. The number of aromatic amines is 1. The van der Waals surface area contributed by atoms with Crippen molar-refractivity contribution < 1.29 is 19.5 Å². The number of hydrogen-bond donors (Lipinski definition) is 6. The van der Waals surface area contributed by atoms with Crippen molar-refractivity contribution in [3.05, 3.63) is 54.1 Å². The number of imidazole rings is 1. The van der Waals surface area contributed by atoms with E-state index in [-0.39, 0.29) is 12.2 Å². The highest BCUT2D eigenvalue weighted by Gasteiger charge is 2.27. The minimum absolute atomic E-state index is 0.00791. The molecule has 0 aliphatic rings. The molecule has 1 heterocycles. The number of carbonyl (C=O) groups excluding carboxylic acids is 2. The van der Waals surface area contributed by atoms with Crippen LogP contribution in [0.5, 0.6) is 0 Å². The number of aromatic nitrogens is 2. The van der Waals surface area contributed by atoms with E-state index in [0.717, 1.165) is 5.56 Å². The van der Waals surface area contributed by atoms with Crippen molar-refractivity contribution in [2.75, 3.05) is 5.75 Å². The molecule has 2 amide bonds. The van der Waals surface area contributed by atoms with Crippen LogP contribution in [0, 0.1) is 0 Å². The third kappa shape index (κ3) is 6.39. The predicted octanol–water partition coefficient (Wildman–Crippen LogP) is -0.494. The van der Waals surface area contributed by atoms with Crippen LogP contribution in [0.2, 0.25) is 0 Å². The predicted molar refractivity (Wildman–Crippen MR) is 106 cm³/mol. The maximum Gasteiger partial charge on any atom is 0.326 e. The lowest BCUT2D eigenvalue weighted by Gasteiger charge is -2.21. The molecule has 0 saturated heterocycles. The molecule has 2 aromatic rings. The number of aliphatic carboxylic acids is 1. The first-order valence-electron chi connectivity index (χ1n) is 8.62. The summed E-state index contributed by atoms with van der Waals surface area (Å²) in [6.07, 6.45) is 3.23. The number of carbonyl (C=O) groups is 3. The van der Waals surface area contributed by atoms with E-state index in [1.807, 2.05) is 30.3 Å². The molecule has 2 rings (SSSR count). The van der Waals surface area contributed by atoms with Gasteiger partial charge in [0.15, 0.2) is 0 Å². The van der Waals surface area contributed by atoms with Gasteiger partial charge in [0.2, 0.25) is 11.8 Å². The fourth-order valence-corrected chi connectivity index (χ4v) is 2.78. The number of rotatable bonds is 10. The van der Waals surface area contributed by atoms with Crippen molar-refractivity contribution in [3.63, 3.8) is 0 Å².